The molecule has 0 aliphatic heterocycles. The first kappa shape index (κ1) is 67.5. The molecule has 420 valence electrons. The molecule has 0 atom stereocenters. The Bertz CT molecular complexity index is 3470. The van der Waals surface area contributed by atoms with Gasteiger partial charge in [-0.3, -0.25) is 34.9 Å². The van der Waals surface area contributed by atoms with Gasteiger partial charge in [0.15, 0.2) is 46.3 Å². The Balaban J connectivity index is 0.000000208. The predicted molar refractivity (Wildman–Crippen MR) is 320 cm³/mol. The number of anilines is 7. The van der Waals surface area contributed by atoms with Crippen molar-refractivity contribution < 1.29 is 38.1 Å². The van der Waals surface area contributed by atoms with E-state index in [0.717, 1.165) is 15.3 Å². The number of methoxy groups -OCH3 is 4. The van der Waals surface area contributed by atoms with E-state index in [1.807, 2.05) is 35.2 Å². The molecule has 2 aromatic carbocycles. The van der Waals surface area contributed by atoms with E-state index in [2.05, 4.69) is 92.7 Å². The van der Waals surface area contributed by atoms with Gasteiger partial charge < -0.3 is 39.8 Å². The average Bonchev–Trinajstić information content (AvgIpc) is 3.75. The summed E-state index contributed by atoms with van der Waals surface area (Å²) in [7, 11) is 6.07. The number of benzene rings is 2. The summed E-state index contributed by atoms with van der Waals surface area (Å²) in [6, 6.07) is 21.8. The number of carbonyl (C=O) groups is 2. The molecule has 5 N–H and O–H groups in total. The molecule has 25 nitrogen and oxygen atoms in total. The number of hydrogen-bond donors (Lipinski definition) is 4. The third-order valence-corrected chi connectivity index (χ3v) is 11.0. The summed E-state index contributed by atoms with van der Waals surface area (Å²) in [6.07, 6.45) is 28.9. The van der Waals surface area contributed by atoms with Gasteiger partial charge in [0.25, 0.3) is 5.91 Å². The van der Waals surface area contributed by atoms with Crippen LogP contribution in [0.2, 0.25) is 0 Å². The van der Waals surface area contributed by atoms with Gasteiger partial charge in [-0.25, -0.2) is 54.5 Å². The summed E-state index contributed by atoms with van der Waals surface area (Å²) < 4.78 is 36.1. The Hall–Kier alpha value is -7.28. The first-order valence-electron chi connectivity index (χ1n) is 25.0. The molecule has 29 heteroatoms. The molecule has 0 saturated carbocycles. The first-order chi connectivity index (χ1) is 41.0. The van der Waals surface area contributed by atoms with Crippen LogP contribution in [0.1, 0.15) is 31.8 Å². The third kappa shape index (κ3) is 22.4. The van der Waals surface area contributed by atoms with Crippen molar-refractivity contribution in [3.63, 3.8) is 0 Å². The van der Waals surface area contributed by atoms with Gasteiger partial charge in [0.1, 0.15) is 21.2 Å². The summed E-state index contributed by atoms with van der Waals surface area (Å²) in [4.78, 5) is 79.5. The number of aromatic nitrogens is 13. The molecule has 0 fully saturated rings. The van der Waals surface area contributed by atoms with Crippen LogP contribution in [0.4, 0.5) is 45.1 Å². The van der Waals surface area contributed by atoms with Crippen LogP contribution in [0.3, 0.4) is 0 Å². The number of halogens is 2. The maximum absolute atomic E-state index is 14.5. The standard InChI is InChI=1S/C19H18N4O3.C18H16FN5O3.C10H10N4O.C4H3IN2.C4H5N3.2K/c1-25-16-4-3-9-22-18(16)23(17-12-20-10-11-21-17)13-14-5-7-15(8-6-14)19(24)26-2;1-27-15-3-2-6-22-17(15)24(16-10-20-7-8-21-16)11-13-5-4-12(9-14(13)19)18(25)23-26;1-15-8-3-2-4-13-10(8)14-9-7-11-5-6-12-9;2*5-4-3-6-1-2-7-4;;/h3-12H,13H2,1-2H3;2-10,26H,11H2,1H3,(H,23,25);2-7H,1H3,(H,12,13,14);1-3H;1-3H,(H2,5,7);;. The van der Waals surface area contributed by atoms with E-state index in [-0.39, 0.29) is 18.1 Å². The molecular formula is C55H52FIK2N18O7. The molecule has 0 bridgehead atoms. The normalized spacial score (nSPS) is 9.75. The summed E-state index contributed by atoms with van der Waals surface area (Å²) in [5.74, 6) is 3.90. The van der Waals surface area contributed by atoms with Crippen LogP contribution >= 0.6 is 22.6 Å². The Labute approximate surface area is 541 Å². The molecule has 10 aromatic rings. The first-order valence-corrected chi connectivity index (χ1v) is 42.0. The number of carbonyl (C=O) groups excluding carboxylic acids is 2. The quantitative estimate of drug-likeness (QED) is 0.0254. The van der Waals surface area contributed by atoms with Gasteiger partial charge in [0, 0.05) is 91.7 Å². The number of nitrogens with one attached hydrogen (secondary N) is 2. The number of pyridine rings is 3. The van der Waals surface area contributed by atoms with E-state index in [0.29, 0.717) is 75.6 Å². The Morgan fingerprint density at radius 2 is 1.07 bits per heavy atom. The molecule has 0 radical (unpaired) electrons. The van der Waals surface area contributed by atoms with Crippen LogP contribution in [0.25, 0.3) is 0 Å². The summed E-state index contributed by atoms with van der Waals surface area (Å²) in [5.41, 5.74) is 8.42. The van der Waals surface area contributed by atoms with Gasteiger partial charge in [0.05, 0.1) is 78.1 Å². The van der Waals surface area contributed by atoms with Crippen LogP contribution in [0.5, 0.6) is 17.2 Å². The minimum absolute atomic E-state index is 0.000203. The molecule has 0 aliphatic carbocycles. The minimum atomic E-state index is -0.794. The number of ether oxygens (including phenoxy) is 4. The fraction of sp³-hybridized carbons (Fsp3) is 0.109. The topological polar surface area (TPSA) is 315 Å². The average molecular weight is 1300 g/mol. The second-order valence-corrected chi connectivity index (χ2v) is 16.8. The molecule has 8 aromatic heterocycles. The van der Waals surface area contributed by atoms with E-state index in [4.69, 9.17) is 29.9 Å². The van der Waals surface area contributed by atoms with Gasteiger partial charge in [0.2, 0.25) is 0 Å². The van der Waals surface area contributed by atoms with Crippen LogP contribution in [-0.4, -0.2) is 173 Å². The fourth-order valence-electron chi connectivity index (χ4n) is 6.70. The van der Waals surface area contributed by atoms with Gasteiger partial charge in [-0.15, -0.1) is 0 Å². The number of nitrogens with two attached hydrogens (primary N) is 1. The number of nitrogens with zero attached hydrogens (tertiary/aromatic N) is 15. The molecule has 0 saturated heterocycles. The second-order valence-electron chi connectivity index (χ2n) is 15.7. The number of rotatable bonds is 15. The van der Waals surface area contributed by atoms with Crippen molar-refractivity contribution in [3.8, 4) is 17.2 Å². The maximum atomic E-state index is 14.5. The summed E-state index contributed by atoms with van der Waals surface area (Å²) in [6.45, 7) is 0.548. The van der Waals surface area contributed by atoms with Crippen LogP contribution < -0.4 is 40.5 Å². The van der Waals surface area contributed by atoms with Gasteiger partial charge in [-0.1, -0.05) is 18.2 Å². The van der Waals surface area contributed by atoms with E-state index < -0.39 is 11.7 Å². The van der Waals surface area contributed by atoms with Crippen molar-refractivity contribution >= 4 is 138 Å². The van der Waals surface area contributed by atoms with Crippen molar-refractivity contribution in [1.29, 1.82) is 0 Å². The predicted octanol–water partition coefficient (Wildman–Crippen LogP) is 7.48. The zero-order valence-corrected chi connectivity index (χ0v) is 54.7. The number of amides is 1. The monoisotopic (exact) mass is 1300 g/mol. The van der Waals surface area contributed by atoms with E-state index in [1.54, 1.807) is 136 Å². The third-order valence-electron chi connectivity index (χ3n) is 10.5. The number of nitrogen functional groups attached to an aromatic ring is 1. The van der Waals surface area contributed by atoms with Crippen molar-refractivity contribution in [1.82, 2.24) is 70.3 Å². The SMILES string of the molecule is COC(=O)c1ccc(CN(c2cnccn2)c2ncccc2OC)cc1.COc1cccnc1N(Cc1ccc(C(=O)NO)cc1F)c1cnccn1.COc1cccnc1Nc1cnccn1.Ic1cnccn1.Nc1cnccn1.[K][K]. The van der Waals surface area contributed by atoms with Crippen LogP contribution in [-0.2, 0) is 17.8 Å². The molecule has 0 spiro atoms. The Kier molecular flexibility index (Phi) is 31.0. The van der Waals surface area contributed by atoms with Crippen molar-refractivity contribution in [2.75, 3.05) is 49.3 Å². The van der Waals surface area contributed by atoms with Crippen LogP contribution in [0.15, 0.2) is 190 Å². The van der Waals surface area contributed by atoms with Crippen molar-refractivity contribution in [2.24, 2.45) is 0 Å². The summed E-state index contributed by atoms with van der Waals surface area (Å²) in [5, 5.41) is 11.7. The van der Waals surface area contributed by atoms with Gasteiger partial charge >= 0.3 is 69.1 Å². The molecule has 8 heterocycles. The van der Waals surface area contributed by atoms with Crippen LogP contribution in [0, 0.1) is 9.52 Å². The zero-order valence-electron chi connectivity index (χ0n) is 46.3. The van der Waals surface area contributed by atoms with Gasteiger partial charge in [-0.05, 0) is 88.8 Å². The molecule has 84 heavy (non-hydrogen) atoms. The number of hydrogen-bond acceptors (Lipinski definition) is 24. The fourth-order valence-corrected chi connectivity index (χ4v) is 7.02. The molecular weight excluding hydrogens is 1250 g/mol. The van der Waals surface area contributed by atoms with E-state index in [9.17, 15) is 14.0 Å². The van der Waals surface area contributed by atoms with Crippen molar-refractivity contribution in [3.05, 3.63) is 222 Å². The van der Waals surface area contributed by atoms with E-state index >= 15 is 0 Å². The molecule has 1 amide bonds. The molecule has 10 rings (SSSR count). The summed E-state index contributed by atoms with van der Waals surface area (Å²) >= 11 is 4.61. The Morgan fingerprint density at radius 1 is 0.571 bits per heavy atom. The van der Waals surface area contributed by atoms with Crippen molar-refractivity contribution in [2.45, 2.75) is 13.1 Å². The number of hydroxylamine groups is 1. The zero-order chi connectivity index (χ0) is 60.3. The van der Waals surface area contributed by atoms with Gasteiger partial charge in [-0.2, -0.15) is 0 Å². The number of esters is 1. The second kappa shape index (κ2) is 38.6. The molecule has 0 aliphatic rings. The molecule has 0 unspecified atom stereocenters. The Morgan fingerprint density at radius 3 is 1.50 bits per heavy atom. The van der Waals surface area contributed by atoms with E-state index in [1.165, 1.54) is 120 Å².